The summed E-state index contributed by atoms with van der Waals surface area (Å²) in [5, 5.41) is 1.22. The van der Waals surface area contributed by atoms with Crippen LogP contribution in [0.5, 0.6) is 0 Å². The molecule has 0 heterocycles. The number of hydrogen-bond acceptors (Lipinski definition) is 0. The van der Waals surface area contributed by atoms with Crippen LogP contribution in [0.25, 0.3) is 6.08 Å². The summed E-state index contributed by atoms with van der Waals surface area (Å²) in [4.78, 5) is 0. The van der Waals surface area contributed by atoms with Gasteiger partial charge in [0.1, 0.15) is 0 Å². The topological polar surface area (TPSA) is 0 Å². The maximum absolute atomic E-state index is 3.78. The molecule has 0 amide bonds. The van der Waals surface area contributed by atoms with Gasteiger partial charge >= 0.3 is 74.1 Å². The summed E-state index contributed by atoms with van der Waals surface area (Å²) in [6.45, 7) is 3.78. The third-order valence-electron chi connectivity index (χ3n) is 1.57. The Morgan fingerprint density at radius 1 is 1.45 bits per heavy atom. The molecule has 0 saturated carbocycles. The van der Waals surface area contributed by atoms with Crippen LogP contribution >= 0.6 is 0 Å². The van der Waals surface area contributed by atoms with Gasteiger partial charge in [-0.05, 0) is 0 Å². The fourth-order valence-corrected chi connectivity index (χ4v) is 2.22. The Morgan fingerprint density at radius 2 is 2.18 bits per heavy atom. The van der Waals surface area contributed by atoms with E-state index in [1.165, 1.54) is 16.4 Å². The first-order valence-electron chi connectivity index (χ1n) is 3.57. The third-order valence-corrected chi connectivity index (χ3v) is 2.83. The van der Waals surface area contributed by atoms with E-state index in [9.17, 15) is 0 Å². The Morgan fingerprint density at radius 3 is 2.82 bits per heavy atom. The SMILES string of the molecule is C=Cc1ccccc1C[Se]C. The van der Waals surface area contributed by atoms with Gasteiger partial charge < -0.3 is 0 Å². The molecule has 1 aromatic carbocycles. The molecule has 0 radical (unpaired) electrons. The average Bonchev–Trinajstić information content (AvgIpc) is 2.06. The summed E-state index contributed by atoms with van der Waals surface area (Å²) in [7, 11) is 0. The minimum atomic E-state index is 0.721. The van der Waals surface area contributed by atoms with Crippen LogP contribution in [0.2, 0.25) is 5.82 Å². The second kappa shape index (κ2) is 4.38. The normalized spacial score (nSPS) is 9.55. The molecule has 0 nitrogen and oxygen atoms in total. The quantitative estimate of drug-likeness (QED) is 0.674. The van der Waals surface area contributed by atoms with E-state index < -0.39 is 0 Å². The van der Waals surface area contributed by atoms with Crippen molar-refractivity contribution in [3.63, 3.8) is 0 Å². The zero-order valence-corrected chi connectivity index (χ0v) is 8.42. The van der Waals surface area contributed by atoms with E-state index in [1.807, 2.05) is 6.08 Å². The second-order valence-electron chi connectivity index (χ2n) is 2.34. The average molecular weight is 211 g/mol. The van der Waals surface area contributed by atoms with Crippen molar-refractivity contribution >= 4 is 21.0 Å². The zero-order valence-electron chi connectivity index (χ0n) is 6.71. The molecule has 0 N–H and O–H groups in total. The van der Waals surface area contributed by atoms with Gasteiger partial charge in [-0.2, -0.15) is 0 Å². The van der Waals surface area contributed by atoms with E-state index in [1.54, 1.807) is 0 Å². The van der Waals surface area contributed by atoms with Gasteiger partial charge in [-0.3, -0.25) is 0 Å². The number of hydrogen-bond donors (Lipinski definition) is 0. The van der Waals surface area contributed by atoms with E-state index in [2.05, 4.69) is 36.7 Å². The molecule has 1 aromatic rings. The minimum absolute atomic E-state index is 0.721. The first-order valence-corrected chi connectivity index (χ1v) is 6.50. The van der Waals surface area contributed by atoms with E-state index >= 15 is 0 Å². The number of rotatable bonds is 3. The van der Waals surface area contributed by atoms with Crippen molar-refractivity contribution in [1.29, 1.82) is 0 Å². The molecule has 0 aliphatic heterocycles. The molecule has 1 heteroatoms. The molecule has 0 saturated heterocycles. The van der Waals surface area contributed by atoms with Crippen LogP contribution in [-0.4, -0.2) is 15.0 Å². The summed E-state index contributed by atoms with van der Waals surface area (Å²) in [5.41, 5.74) is 2.72. The predicted octanol–water partition coefficient (Wildman–Crippen LogP) is 2.58. The predicted molar refractivity (Wildman–Crippen MR) is 51.9 cm³/mol. The van der Waals surface area contributed by atoms with E-state index in [0.717, 1.165) is 15.0 Å². The van der Waals surface area contributed by atoms with Crippen LogP contribution in [0.4, 0.5) is 0 Å². The Balaban J connectivity index is 2.92. The van der Waals surface area contributed by atoms with Gasteiger partial charge in [0.05, 0.1) is 0 Å². The zero-order chi connectivity index (χ0) is 8.10. The van der Waals surface area contributed by atoms with Crippen molar-refractivity contribution < 1.29 is 0 Å². The van der Waals surface area contributed by atoms with Crippen LogP contribution in [0.3, 0.4) is 0 Å². The van der Waals surface area contributed by atoms with Crippen molar-refractivity contribution in [3.05, 3.63) is 42.0 Å². The fraction of sp³-hybridized carbons (Fsp3) is 0.200. The fourth-order valence-electron chi connectivity index (χ4n) is 1.02. The summed E-state index contributed by atoms with van der Waals surface area (Å²) in [6, 6.07) is 8.45. The Labute approximate surface area is 74.5 Å². The molecule has 1 rings (SSSR count). The summed E-state index contributed by atoms with van der Waals surface area (Å²) in [5.74, 6) is 2.26. The van der Waals surface area contributed by atoms with E-state index in [-0.39, 0.29) is 0 Å². The van der Waals surface area contributed by atoms with Crippen LogP contribution in [-0.2, 0) is 5.32 Å². The molecule has 0 unspecified atom stereocenters. The van der Waals surface area contributed by atoms with Gasteiger partial charge in [-0.15, -0.1) is 0 Å². The van der Waals surface area contributed by atoms with Crippen molar-refractivity contribution in [1.82, 2.24) is 0 Å². The maximum atomic E-state index is 3.78. The molecule has 0 atom stereocenters. The molecular formula is C10H12Se. The van der Waals surface area contributed by atoms with Crippen LogP contribution in [0.15, 0.2) is 30.8 Å². The Hall–Kier alpha value is -0.521. The van der Waals surface area contributed by atoms with Gasteiger partial charge in [0, 0.05) is 0 Å². The van der Waals surface area contributed by atoms with Crippen LogP contribution in [0.1, 0.15) is 11.1 Å². The van der Waals surface area contributed by atoms with Gasteiger partial charge in [0.2, 0.25) is 0 Å². The van der Waals surface area contributed by atoms with Crippen molar-refractivity contribution in [3.8, 4) is 0 Å². The summed E-state index contributed by atoms with van der Waals surface area (Å²) >= 11 is 0.721. The Kier molecular flexibility index (Phi) is 3.41. The van der Waals surface area contributed by atoms with Gasteiger partial charge in [0.25, 0.3) is 0 Å². The Bertz CT molecular complexity index is 240. The van der Waals surface area contributed by atoms with Crippen molar-refractivity contribution in [2.45, 2.75) is 11.1 Å². The third kappa shape index (κ3) is 2.21. The standard InChI is InChI=1S/C10H12Se/c1-3-9-6-4-5-7-10(9)8-11-2/h3-7H,1,8H2,2H3. The second-order valence-corrected chi connectivity index (χ2v) is 4.15. The molecule has 0 aromatic heterocycles. The number of benzene rings is 1. The summed E-state index contributed by atoms with van der Waals surface area (Å²) < 4.78 is 0. The molecule has 0 bridgehead atoms. The van der Waals surface area contributed by atoms with E-state index in [4.69, 9.17) is 0 Å². The molecule has 0 fully saturated rings. The van der Waals surface area contributed by atoms with Crippen molar-refractivity contribution in [2.24, 2.45) is 0 Å². The van der Waals surface area contributed by atoms with Gasteiger partial charge in [0.15, 0.2) is 0 Å². The summed E-state index contributed by atoms with van der Waals surface area (Å²) in [6.07, 6.45) is 1.93. The first-order chi connectivity index (χ1) is 5.38. The van der Waals surface area contributed by atoms with Crippen LogP contribution in [0, 0.1) is 0 Å². The molecule has 0 aliphatic carbocycles. The molecule has 0 aliphatic rings. The van der Waals surface area contributed by atoms with Crippen LogP contribution < -0.4 is 0 Å². The van der Waals surface area contributed by atoms with Gasteiger partial charge in [-0.1, -0.05) is 0 Å². The molecule has 11 heavy (non-hydrogen) atoms. The van der Waals surface area contributed by atoms with Gasteiger partial charge in [-0.25, -0.2) is 0 Å². The molecule has 58 valence electrons. The first kappa shape index (κ1) is 8.57. The molecule has 0 spiro atoms. The van der Waals surface area contributed by atoms with E-state index in [0.29, 0.717) is 0 Å². The van der Waals surface area contributed by atoms with Crippen molar-refractivity contribution in [2.75, 3.05) is 0 Å². The molecular weight excluding hydrogens is 199 g/mol. The monoisotopic (exact) mass is 212 g/mol.